The van der Waals surface area contributed by atoms with Crippen molar-refractivity contribution in [3.8, 4) is 17.6 Å². The zero-order valence-corrected chi connectivity index (χ0v) is 9.79. The lowest BCUT2D eigenvalue weighted by Gasteiger charge is -2.06. The number of nitrogens with one attached hydrogen (secondary N) is 1. The predicted octanol–water partition coefficient (Wildman–Crippen LogP) is 2.22. The van der Waals surface area contributed by atoms with Crippen LogP contribution in [0.5, 0.6) is 11.5 Å². The second kappa shape index (κ2) is 5.10. The number of phenolic OH excluding ortho intramolecular Hbond substituents is 2. The molecule has 0 aliphatic carbocycles. The number of hydrogen-bond acceptors (Lipinski definition) is 4. The topological polar surface area (TPSA) is 93.4 Å². The molecule has 0 aromatic heterocycles. The second-order valence-electron chi connectivity index (χ2n) is 3.85. The average Bonchev–Trinajstić information content (AvgIpc) is 2.42. The molecule has 0 aliphatic rings. The highest BCUT2D eigenvalue weighted by Gasteiger charge is 2.09. The summed E-state index contributed by atoms with van der Waals surface area (Å²) in [7, 11) is 0. The first kappa shape index (κ1) is 12.5. The molecule has 2 rings (SSSR count). The Hall–Kier alpha value is -3.00. The molecule has 0 radical (unpaired) electrons. The molecule has 0 aliphatic heterocycles. The lowest BCUT2D eigenvalue weighted by atomic mass is 10.1. The van der Waals surface area contributed by atoms with Gasteiger partial charge in [-0.2, -0.15) is 5.26 Å². The van der Waals surface area contributed by atoms with Gasteiger partial charge in [0.2, 0.25) is 0 Å². The number of carbonyl (C=O) groups excluding carboxylic acids is 1. The van der Waals surface area contributed by atoms with Gasteiger partial charge in [-0.15, -0.1) is 0 Å². The third-order valence-electron chi connectivity index (χ3n) is 2.49. The lowest BCUT2D eigenvalue weighted by Crippen LogP contribution is -2.11. The van der Waals surface area contributed by atoms with Crippen molar-refractivity contribution in [1.82, 2.24) is 0 Å². The highest BCUT2D eigenvalue weighted by Crippen LogP contribution is 2.25. The first-order valence-corrected chi connectivity index (χ1v) is 5.43. The van der Waals surface area contributed by atoms with Crippen LogP contribution < -0.4 is 5.32 Å². The lowest BCUT2D eigenvalue weighted by molar-refractivity contribution is 0.102. The van der Waals surface area contributed by atoms with Crippen molar-refractivity contribution < 1.29 is 15.0 Å². The van der Waals surface area contributed by atoms with E-state index in [9.17, 15) is 9.90 Å². The van der Waals surface area contributed by atoms with E-state index in [1.165, 1.54) is 24.3 Å². The van der Waals surface area contributed by atoms with Gasteiger partial charge in [0.1, 0.15) is 0 Å². The van der Waals surface area contributed by atoms with E-state index in [1.54, 1.807) is 18.2 Å². The molecule has 0 atom stereocenters. The maximum absolute atomic E-state index is 11.9. The molecule has 19 heavy (non-hydrogen) atoms. The number of aromatic hydroxyl groups is 2. The molecular formula is C14H10N2O3. The Morgan fingerprint density at radius 3 is 2.58 bits per heavy atom. The van der Waals surface area contributed by atoms with Crippen LogP contribution in [0, 0.1) is 11.3 Å². The molecule has 0 spiro atoms. The Bertz CT molecular complexity index is 675. The van der Waals surface area contributed by atoms with E-state index in [4.69, 9.17) is 10.4 Å². The Morgan fingerprint density at radius 1 is 1.11 bits per heavy atom. The molecule has 0 saturated carbocycles. The normalized spacial score (nSPS) is 9.63. The smallest absolute Gasteiger partial charge is 0.255 e. The third-order valence-corrected chi connectivity index (χ3v) is 2.49. The second-order valence-corrected chi connectivity index (χ2v) is 3.85. The van der Waals surface area contributed by atoms with E-state index in [0.717, 1.165) is 0 Å². The summed E-state index contributed by atoms with van der Waals surface area (Å²) in [5, 5.41) is 29.8. The van der Waals surface area contributed by atoms with Crippen LogP contribution in [0.4, 0.5) is 5.69 Å². The number of hydrogen-bond donors (Lipinski definition) is 3. The molecule has 5 nitrogen and oxygen atoms in total. The van der Waals surface area contributed by atoms with Gasteiger partial charge in [-0.3, -0.25) is 4.79 Å². The summed E-state index contributed by atoms with van der Waals surface area (Å²) < 4.78 is 0. The molecule has 5 heteroatoms. The Morgan fingerprint density at radius 2 is 1.89 bits per heavy atom. The van der Waals surface area contributed by atoms with Gasteiger partial charge in [0.25, 0.3) is 5.91 Å². The summed E-state index contributed by atoms with van der Waals surface area (Å²) in [4.78, 5) is 11.9. The third kappa shape index (κ3) is 2.82. The van der Waals surface area contributed by atoms with Gasteiger partial charge in [-0.25, -0.2) is 0 Å². The van der Waals surface area contributed by atoms with E-state index in [-0.39, 0.29) is 17.1 Å². The van der Waals surface area contributed by atoms with Gasteiger partial charge in [0, 0.05) is 11.3 Å². The highest BCUT2D eigenvalue weighted by molar-refractivity contribution is 6.04. The molecule has 0 bridgehead atoms. The minimum atomic E-state index is -0.439. The van der Waals surface area contributed by atoms with E-state index in [1.807, 2.05) is 6.07 Å². The fourth-order valence-electron chi connectivity index (χ4n) is 1.53. The minimum Gasteiger partial charge on any atom is -0.504 e. The molecule has 0 fully saturated rings. The van der Waals surface area contributed by atoms with E-state index >= 15 is 0 Å². The molecule has 2 aromatic carbocycles. The highest BCUT2D eigenvalue weighted by atomic mass is 16.3. The zero-order valence-electron chi connectivity index (χ0n) is 9.79. The quantitative estimate of drug-likeness (QED) is 0.716. The van der Waals surface area contributed by atoms with Crippen LogP contribution in [-0.2, 0) is 0 Å². The van der Waals surface area contributed by atoms with Crippen molar-refractivity contribution in [3.63, 3.8) is 0 Å². The monoisotopic (exact) mass is 254 g/mol. The van der Waals surface area contributed by atoms with E-state index in [0.29, 0.717) is 11.3 Å². The number of nitrogens with zero attached hydrogens (tertiary/aromatic N) is 1. The van der Waals surface area contributed by atoms with Crippen molar-refractivity contribution >= 4 is 11.6 Å². The fourth-order valence-corrected chi connectivity index (χ4v) is 1.53. The standard InChI is InChI=1S/C14H10N2O3/c15-8-9-2-1-3-11(6-9)16-14(19)10-4-5-12(17)13(18)7-10/h1-7,17-18H,(H,16,19). The van der Waals surface area contributed by atoms with Gasteiger partial charge in [0.15, 0.2) is 11.5 Å². The number of anilines is 1. The Labute approximate surface area is 109 Å². The van der Waals surface area contributed by atoms with E-state index < -0.39 is 5.91 Å². The van der Waals surface area contributed by atoms with E-state index in [2.05, 4.69) is 5.32 Å². The molecular weight excluding hydrogens is 244 g/mol. The molecule has 0 saturated heterocycles. The van der Waals surface area contributed by atoms with Crippen LogP contribution in [0.2, 0.25) is 0 Å². The number of rotatable bonds is 2. The molecule has 94 valence electrons. The number of amides is 1. The molecule has 2 aromatic rings. The van der Waals surface area contributed by atoms with Crippen molar-refractivity contribution in [1.29, 1.82) is 5.26 Å². The Balaban J connectivity index is 2.21. The van der Waals surface area contributed by atoms with Crippen LogP contribution in [0.1, 0.15) is 15.9 Å². The van der Waals surface area contributed by atoms with Crippen molar-refractivity contribution in [2.45, 2.75) is 0 Å². The van der Waals surface area contributed by atoms with Gasteiger partial charge >= 0.3 is 0 Å². The van der Waals surface area contributed by atoms with Crippen molar-refractivity contribution in [3.05, 3.63) is 53.6 Å². The van der Waals surface area contributed by atoms with Crippen LogP contribution in [0.25, 0.3) is 0 Å². The first-order chi connectivity index (χ1) is 9.10. The average molecular weight is 254 g/mol. The van der Waals surface area contributed by atoms with Crippen molar-refractivity contribution in [2.75, 3.05) is 5.32 Å². The largest absolute Gasteiger partial charge is 0.504 e. The fraction of sp³-hybridized carbons (Fsp3) is 0. The zero-order chi connectivity index (χ0) is 13.8. The summed E-state index contributed by atoms with van der Waals surface area (Å²) in [5.74, 6) is -1.09. The van der Waals surface area contributed by atoms with Crippen LogP contribution >= 0.6 is 0 Å². The molecule has 0 unspecified atom stereocenters. The summed E-state index contributed by atoms with van der Waals surface area (Å²) >= 11 is 0. The van der Waals surface area contributed by atoms with Gasteiger partial charge in [-0.1, -0.05) is 6.07 Å². The van der Waals surface area contributed by atoms with Gasteiger partial charge in [-0.05, 0) is 36.4 Å². The molecule has 1 amide bonds. The van der Waals surface area contributed by atoms with Crippen LogP contribution in [-0.4, -0.2) is 16.1 Å². The number of nitriles is 1. The maximum Gasteiger partial charge on any atom is 0.255 e. The maximum atomic E-state index is 11.9. The number of carbonyl (C=O) groups is 1. The Kier molecular flexibility index (Phi) is 3.35. The summed E-state index contributed by atoms with van der Waals surface area (Å²) in [6.07, 6.45) is 0. The number of benzene rings is 2. The van der Waals surface area contributed by atoms with Crippen LogP contribution in [0.15, 0.2) is 42.5 Å². The summed E-state index contributed by atoms with van der Waals surface area (Å²) in [5.41, 5.74) is 1.13. The summed E-state index contributed by atoms with van der Waals surface area (Å²) in [6, 6.07) is 12.2. The SMILES string of the molecule is N#Cc1cccc(NC(=O)c2ccc(O)c(O)c2)c1. The van der Waals surface area contributed by atoms with Gasteiger partial charge in [0.05, 0.1) is 11.6 Å². The molecule has 3 N–H and O–H groups in total. The van der Waals surface area contributed by atoms with Gasteiger partial charge < -0.3 is 15.5 Å². The summed E-state index contributed by atoms with van der Waals surface area (Å²) in [6.45, 7) is 0. The minimum absolute atomic E-state index is 0.206. The first-order valence-electron chi connectivity index (χ1n) is 5.43. The predicted molar refractivity (Wildman–Crippen MR) is 68.9 cm³/mol. The number of phenols is 2. The van der Waals surface area contributed by atoms with Crippen molar-refractivity contribution in [2.24, 2.45) is 0 Å². The molecule has 0 heterocycles. The van der Waals surface area contributed by atoms with Crippen LogP contribution in [0.3, 0.4) is 0 Å².